The van der Waals surface area contributed by atoms with Gasteiger partial charge in [-0.2, -0.15) is 0 Å². The number of aryl methyl sites for hydroxylation is 1. The minimum Gasteiger partial charge on any atom is -0.497 e. The summed E-state index contributed by atoms with van der Waals surface area (Å²) in [6, 6.07) is 15.4. The normalized spacial score (nSPS) is 10.5. The van der Waals surface area contributed by atoms with Gasteiger partial charge < -0.3 is 10.1 Å². The molecule has 0 unspecified atom stereocenters. The van der Waals surface area contributed by atoms with Crippen LogP contribution in [0.4, 0.5) is 5.69 Å². The Bertz CT molecular complexity index is 860. The van der Waals surface area contributed by atoms with Gasteiger partial charge in [0, 0.05) is 11.4 Å². The van der Waals surface area contributed by atoms with E-state index in [0.717, 1.165) is 23.5 Å². The largest absolute Gasteiger partial charge is 0.497 e. The first kappa shape index (κ1) is 18.0. The number of methoxy groups -OCH3 is 1. The second-order valence-corrected chi connectivity index (χ2v) is 6.51. The number of aromatic nitrogens is 3. The Hall–Kier alpha value is -2.80. The minimum atomic E-state index is -0.0801. The van der Waals surface area contributed by atoms with Crippen molar-refractivity contribution < 1.29 is 9.53 Å². The lowest BCUT2D eigenvalue weighted by Crippen LogP contribution is -2.14. The summed E-state index contributed by atoms with van der Waals surface area (Å²) in [6.45, 7) is 2.10. The Labute approximate surface area is 156 Å². The molecular weight excluding hydrogens is 348 g/mol. The summed E-state index contributed by atoms with van der Waals surface area (Å²) < 4.78 is 7.01. The lowest BCUT2D eigenvalue weighted by molar-refractivity contribution is -0.113. The Morgan fingerprint density at radius 1 is 1.15 bits per heavy atom. The van der Waals surface area contributed by atoms with Gasteiger partial charge in [0.2, 0.25) is 5.91 Å². The topological polar surface area (TPSA) is 69.0 Å². The predicted octanol–water partition coefficient (Wildman–Crippen LogP) is 3.57. The minimum absolute atomic E-state index is 0.0801. The highest BCUT2D eigenvalue weighted by Crippen LogP contribution is 2.21. The summed E-state index contributed by atoms with van der Waals surface area (Å²) in [4.78, 5) is 12.2. The summed E-state index contributed by atoms with van der Waals surface area (Å²) in [7, 11) is 1.63. The van der Waals surface area contributed by atoms with Gasteiger partial charge in [0.25, 0.3) is 0 Å². The third-order valence-corrected chi connectivity index (χ3v) is 4.79. The molecule has 3 aromatic rings. The Morgan fingerprint density at radius 3 is 2.54 bits per heavy atom. The molecule has 26 heavy (non-hydrogen) atoms. The Morgan fingerprint density at radius 2 is 1.88 bits per heavy atom. The maximum atomic E-state index is 12.2. The first-order valence-corrected chi connectivity index (χ1v) is 9.24. The molecule has 0 aliphatic rings. The first-order chi connectivity index (χ1) is 12.7. The number of nitrogens with zero attached hydrogens (tertiary/aromatic N) is 3. The smallest absolute Gasteiger partial charge is 0.234 e. The van der Waals surface area contributed by atoms with Crippen LogP contribution in [0.25, 0.3) is 5.69 Å². The fourth-order valence-corrected chi connectivity index (χ4v) is 3.12. The molecule has 134 valence electrons. The van der Waals surface area contributed by atoms with E-state index < -0.39 is 0 Å². The highest BCUT2D eigenvalue weighted by Gasteiger charge is 2.10. The van der Waals surface area contributed by atoms with Gasteiger partial charge in [-0.1, -0.05) is 30.8 Å². The highest BCUT2D eigenvalue weighted by molar-refractivity contribution is 7.99. The number of thioether (sulfide) groups is 1. The number of anilines is 1. The monoisotopic (exact) mass is 368 g/mol. The van der Waals surface area contributed by atoms with Gasteiger partial charge in [-0.05, 0) is 48.4 Å². The highest BCUT2D eigenvalue weighted by atomic mass is 32.2. The maximum absolute atomic E-state index is 12.2. The SMILES string of the molecule is CCc1ccc(NC(=O)CSc2nncn2-c2ccc(OC)cc2)cc1. The summed E-state index contributed by atoms with van der Waals surface area (Å²) in [5, 5.41) is 11.6. The molecule has 0 aliphatic heterocycles. The van der Waals surface area contributed by atoms with Gasteiger partial charge in [-0.15, -0.1) is 10.2 Å². The van der Waals surface area contributed by atoms with E-state index >= 15 is 0 Å². The van der Waals surface area contributed by atoms with Crippen molar-refractivity contribution in [3.8, 4) is 11.4 Å². The number of carbonyl (C=O) groups excluding carboxylic acids is 1. The van der Waals surface area contributed by atoms with Crippen LogP contribution in [-0.4, -0.2) is 33.5 Å². The molecule has 2 aromatic carbocycles. The molecule has 6 nitrogen and oxygen atoms in total. The van der Waals surface area contributed by atoms with Gasteiger partial charge in [0.1, 0.15) is 12.1 Å². The number of rotatable bonds is 7. The summed E-state index contributed by atoms with van der Waals surface area (Å²) in [5.41, 5.74) is 2.95. The van der Waals surface area contributed by atoms with Gasteiger partial charge in [0.05, 0.1) is 12.9 Å². The number of ether oxygens (including phenoxy) is 1. The van der Waals surface area contributed by atoms with Crippen LogP contribution in [0.2, 0.25) is 0 Å². The van der Waals surface area contributed by atoms with Crippen LogP contribution >= 0.6 is 11.8 Å². The first-order valence-electron chi connectivity index (χ1n) is 8.25. The molecular formula is C19H20N4O2S. The van der Waals surface area contributed by atoms with Crippen LogP contribution in [-0.2, 0) is 11.2 Å². The van der Waals surface area contributed by atoms with Gasteiger partial charge in [-0.25, -0.2) is 0 Å². The van der Waals surface area contributed by atoms with Crippen molar-refractivity contribution in [2.24, 2.45) is 0 Å². The van der Waals surface area contributed by atoms with Crippen LogP contribution in [0, 0.1) is 0 Å². The van der Waals surface area contributed by atoms with Crippen LogP contribution in [0.15, 0.2) is 60.0 Å². The number of benzene rings is 2. The van der Waals surface area contributed by atoms with Crippen molar-refractivity contribution in [2.75, 3.05) is 18.2 Å². The molecule has 1 heterocycles. The fraction of sp³-hybridized carbons (Fsp3) is 0.211. The standard InChI is InChI=1S/C19H20N4O2S/c1-3-14-4-6-15(7-5-14)21-18(24)12-26-19-22-20-13-23(19)16-8-10-17(25-2)11-9-16/h4-11,13H,3,12H2,1-2H3,(H,21,24). The molecule has 0 atom stereocenters. The quantitative estimate of drug-likeness (QED) is 0.646. The average molecular weight is 368 g/mol. The summed E-state index contributed by atoms with van der Waals surface area (Å²) >= 11 is 1.34. The van der Waals surface area contributed by atoms with E-state index in [4.69, 9.17) is 4.74 Å². The molecule has 1 aromatic heterocycles. The van der Waals surface area contributed by atoms with Crippen molar-refractivity contribution in [3.05, 3.63) is 60.4 Å². The van der Waals surface area contributed by atoms with Crippen molar-refractivity contribution in [2.45, 2.75) is 18.5 Å². The number of amides is 1. The van der Waals surface area contributed by atoms with E-state index in [2.05, 4.69) is 22.4 Å². The zero-order valence-electron chi connectivity index (χ0n) is 14.7. The van der Waals surface area contributed by atoms with Crippen LogP contribution in [0.3, 0.4) is 0 Å². The average Bonchev–Trinajstić information content (AvgIpc) is 3.15. The molecule has 1 amide bonds. The van der Waals surface area contributed by atoms with Crippen LogP contribution in [0.5, 0.6) is 5.75 Å². The maximum Gasteiger partial charge on any atom is 0.234 e. The summed E-state index contributed by atoms with van der Waals surface area (Å²) in [6.07, 6.45) is 2.61. The number of nitrogens with one attached hydrogen (secondary N) is 1. The number of hydrogen-bond acceptors (Lipinski definition) is 5. The van der Waals surface area contributed by atoms with Crippen LogP contribution in [0.1, 0.15) is 12.5 Å². The molecule has 0 saturated carbocycles. The molecule has 0 radical (unpaired) electrons. The molecule has 7 heteroatoms. The van der Waals surface area contributed by atoms with E-state index in [-0.39, 0.29) is 11.7 Å². The lowest BCUT2D eigenvalue weighted by atomic mass is 10.1. The molecule has 0 saturated heterocycles. The second-order valence-electron chi connectivity index (χ2n) is 5.57. The molecule has 0 spiro atoms. The number of carbonyl (C=O) groups is 1. The molecule has 0 aliphatic carbocycles. The third-order valence-electron chi connectivity index (χ3n) is 3.85. The van der Waals surface area contributed by atoms with E-state index in [1.807, 2.05) is 53.1 Å². The van der Waals surface area contributed by atoms with E-state index in [1.54, 1.807) is 13.4 Å². The van der Waals surface area contributed by atoms with Crippen molar-refractivity contribution >= 4 is 23.4 Å². The number of hydrogen-bond donors (Lipinski definition) is 1. The molecule has 3 rings (SSSR count). The van der Waals surface area contributed by atoms with E-state index in [9.17, 15) is 4.79 Å². The molecule has 0 fully saturated rings. The van der Waals surface area contributed by atoms with Gasteiger partial charge in [-0.3, -0.25) is 9.36 Å². The Balaban J connectivity index is 1.60. The zero-order chi connectivity index (χ0) is 18.4. The van der Waals surface area contributed by atoms with Crippen molar-refractivity contribution in [1.82, 2.24) is 14.8 Å². The van der Waals surface area contributed by atoms with E-state index in [1.165, 1.54) is 17.3 Å². The van der Waals surface area contributed by atoms with E-state index in [0.29, 0.717) is 5.16 Å². The van der Waals surface area contributed by atoms with Gasteiger partial charge in [0.15, 0.2) is 5.16 Å². The molecule has 0 bridgehead atoms. The zero-order valence-corrected chi connectivity index (χ0v) is 15.5. The predicted molar refractivity (Wildman–Crippen MR) is 103 cm³/mol. The third kappa shape index (κ3) is 4.43. The van der Waals surface area contributed by atoms with Gasteiger partial charge >= 0.3 is 0 Å². The second kappa shape index (κ2) is 8.53. The summed E-state index contributed by atoms with van der Waals surface area (Å²) in [5.74, 6) is 0.956. The fourth-order valence-electron chi connectivity index (χ4n) is 2.39. The van der Waals surface area contributed by atoms with Crippen molar-refractivity contribution in [1.29, 1.82) is 0 Å². The Kier molecular flexibility index (Phi) is 5.91. The van der Waals surface area contributed by atoms with Crippen molar-refractivity contribution in [3.63, 3.8) is 0 Å². The lowest BCUT2D eigenvalue weighted by Gasteiger charge is -2.08. The molecule has 1 N–H and O–H groups in total. The van der Waals surface area contributed by atoms with Crippen LogP contribution < -0.4 is 10.1 Å².